The molecule has 1 N–H and O–H groups in total. The van der Waals surface area contributed by atoms with E-state index in [9.17, 15) is 9.50 Å². The first-order valence-electron chi connectivity index (χ1n) is 5.49. The third-order valence-corrected chi connectivity index (χ3v) is 3.95. The molecule has 0 aromatic heterocycles. The van der Waals surface area contributed by atoms with Crippen LogP contribution in [0.5, 0.6) is 5.75 Å². The predicted molar refractivity (Wildman–Crippen MR) is 78.9 cm³/mol. The van der Waals surface area contributed by atoms with Crippen LogP contribution in [0.4, 0.5) is 4.39 Å². The molecule has 2 rings (SSSR count). The number of benzene rings is 2. The highest BCUT2D eigenvalue weighted by Crippen LogP contribution is 2.35. The Morgan fingerprint density at radius 1 is 1.11 bits per heavy atom. The Labute approximate surface area is 127 Å². The minimum absolute atomic E-state index is 0.390. The van der Waals surface area contributed by atoms with Crippen molar-refractivity contribution in [2.45, 2.75) is 6.10 Å². The summed E-state index contributed by atoms with van der Waals surface area (Å²) in [7, 11) is 1.49. The van der Waals surface area contributed by atoms with Crippen molar-refractivity contribution in [2.24, 2.45) is 0 Å². The molecule has 19 heavy (non-hydrogen) atoms. The second-order valence-electron chi connectivity index (χ2n) is 3.95. The number of hydrogen-bond donors (Lipinski definition) is 1. The van der Waals surface area contributed by atoms with Crippen LogP contribution in [-0.2, 0) is 0 Å². The zero-order valence-corrected chi connectivity index (χ0v) is 13.2. The summed E-state index contributed by atoms with van der Waals surface area (Å²) in [5.41, 5.74) is 1.03. The van der Waals surface area contributed by atoms with E-state index >= 15 is 0 Å². The van der Waals surface area contributed by atoms with Crippen LogP contribution < -0.4 is 4.74 Å². The van der Waals surface area contributed by atoms with Gasteiger partial charge in [0.1, 0.15) is 17.7 Å². The van der Waals surface area contributed by atoms with Gasteiger partial charge in [0.05, 0.1) is 7.11 Å². The van der Waals surface area contributed by atoms with E-state index in [-0.39, 0.29) is 0 Å². The minimum Gasteiger partial charge on any atom is -0.496 e. The van der Waals surface area contributed by atoms with E-state index in [1.165, 1.54) is 25.3 Å². The molecule has 100 valence electrons. The molecule has 2 nitrogen and oxygen atoms in total. The van der Waals surface area contributed by atoms with Crippen molar-refractivity contribution in [3.63, 3.8) is 0 Å². The van der Waals surface area contributed by atoms with Crippen molar-refractivity contribution < 1.29 is 14.2 Å². The lowest BCUT2D eigenvalue weighted by Gasteiger charge is -2.17. The van der Waals surface area contributed by atoms with Crippen LogP contribution in [0.2, 0.25) is 0 Å². The fraction of sp³-hybridized carbons (Fsp3) is 0.143. The molecule has 0 saturated carbocycles. The summed E-state index contributed by atoms with van der Waals surface area (Å²) in [4.78, 5) is 0. The summed E-state index contributed by atoms with van der Waals surface area (Å²) in [6, 6.07) is 9.51. The van der Waals surface area contributed by atoms with Crippen molar-refractivity contribution >= 4 is 31.9 Å². The summed E-state index contributed by atoms with van der Waals surface area (Å²) in [5.74, 6) is 0.0294. The summed E-state index contributed by atoms with van der Waals surface area (Å²) in [5, 5.41) is 10.4. The van der Waals surface area contributed by atoms with E-state index in [4.69, 9.17) is 4.74 Å². The molecule has 0 bridgehead atoms. The SMILES string of the molecule is COc1ccc(F)cc1C(O)c1cc(Br)ccc1Br. The Morgan fingerprint density at radius 2 is 1.84 bits per heavy atom. The Bertz CT molecular complexity index is 602. The maximum Gasteiger partial charge on any atom is 0.125 e. The lowest BCUT2D eigenvalue weighted by Crippen LogP contribution is -2.04. The van der Waals surface area contributed by atoms with Gasteiger partial charge in [0.2, 0.25) is 0 Å². The summed E-state index contributed by atoms with van der Waals surface area (Å²) < 4.78 is 20.1. The first-order valence-corrected chi connectivity index (χ1v) is 7.08. The number of halogens is 3. The molecule has 2 aromatic carbocycles. The number of rotatable bonds is 3. The van der Waals surface area contributed by atoms with Gasteiger partial charge in [-0.25, -0.2) is 4.39 Å². The zero-order valence-electron chi connectivity index (χ0n) is 10.0. The van der Waals surface area contributed by atoms with Crippen LogP contribution in [0.25, 0.3) is 0 Å². The number of ether oxygens (including phenoxy) is 1. The molecule has 2 aromatic rings. The van der Waals surface area contributed by atoms with Gasteiger partial charge >= 0.3 is 0 Å². The van der Waals surface area contributed by atoms with Crippen molar-refractivity contribution in [1.82, 2.24) is 0 Å². The van der Waals surface area contributed by atoms with Gasteiger partial charge in [-0.05, 0) is 36.4 Å². The van der Waals surface area contributed by atoms with Gasteiger partial charge in [-0.3, -0.25) is 0 Å². The molecule has 1 unspecified atom stereocenters. The molecule has 5 heteroatoms. The van der Waals surface area contributed by atoms with Crippen LogP contribution in [0, 0.1) is 5.82 Å². The fourth-order valence-corrected chi connectivity index (χ4v) is 2.65. The summed E-state index contributed by atoms with van der Waals surface area (Å²) in [6.45, 7) is 0. The summed E-state index contributed by atoms with van der Waals surface area (Å²) >= 11 is 6.73. The number of methoxy groups -OCH3 is 1. The lowest BCUT2D eigenvalue weighted by atomic mass is 10.0. The normalized spacial score (nSPS) is 12.3. The fourth-order valence-electron chi connectivity index (χ4n) is 1.81. The van der Waals surface area contributed by atoms with Crippen LogP contribution in [0.15, 0.2) is 45.3 Å². The zero-order chi connectivity index (χ0) is 14.0. The molecule has 0 aliphatic carbocycles. The first kappa shape index (κ1) is 14.5. The van der Waals surface area contributed by atoms with E-state index in [2.05, 4.69) is 31.9 Å². The van der Waals surface area contributed by atoms with Crippen LogP contribution >= 0.6 is 31.9 Å². The number of aliphatic hydroxyl groups excluding tert-OH is 1. The Morgan fingerprint density at radius 3 is 2.53 bits per heavy atom. The average molecular weight is 390 g/mol. The van der Waals surface area contributed by atoms with Gasteiger partial charge in [0.15, 0.2) is 0 Å². The Hall–Kier alpha value is -0.910. The average Bonchev–Trinajstić information content (AvgIpc) is 2.40. The van der Waals surface area contributed by atoms with E-state index in [0.29, 0.717) is 16.9 Å². The molecule has 0 amide bonds. The minimum atomic E-state index is -0.975. The van der Waals surface area contributed by atoms with E-state index in [0.717, 1.165) is 8.95 Å². The predicted octanol–water partition coefficient (Wildman–Crippen LogP) is 4.44. The van der Waals surface area contributed by atoms with Crippen molar-refractivity contribution in [2.75, 3.05) is 7.11 Å². The number of aliphatic hydroxyl groups is 1. The molecule has 0 heterocycles. The van der Waals surface area contributed by atoms with Crippen LogP contribution in [-0.4, -0.2) is 12.2 Å². The molecule has 0 spiro atoms. The third kappa shape index (κ3) is 3.16. The molecule has 0 aliphatic heterocycles. The Kier molecular flexibility index (Phi) is 4.60. The monoisotopic (exact) mass is 388 g/mol. The third-order valence-electron chi connectivity index (χ3n) is 2.74. The molecule has 0 saturated heterocycles. The topological polar surface area (TPSA) is 29.5 Å². The Balaban J connectivity index is 2.51. The van der Waals surface area contributed by atoms with Gasteiger partial charge in [-0.15, -0.1) is 0 Å². The number of hydrogen-bond acceptors (Lipinski definition) is 2. The molecule has 0 radical (unpaired) electrons. The van der Waals surface area contributed by atoms with Crippen molar-refractivity contribution in [3.05, 3.63) is 62.3 Å². The second-order valence-corrected chi connectivity index (χ2v) is 5.72. The van der Waals surface area contributed by atoms with Gasteiger partial charge < -0.3 is 9.84 Å². The van der Waals surface area contributed by atoms with E-state index in [1.807, 2.05) is 12.1 Å². The lowest BCUT2D eigenvalue weighted by molar-refractivity contribution is 0.213. The van der Waals surface area contributed by atoms with Crippen molar-refractivity contribution in [1.29, 1.82) is 0 Å². The van der Waals surface area contributed by atoms with Gasteiger partial charge in [-0.2, -0.15) is 0 Å². The van der Waals surface area contributed by atoms with Crippen LogP contribution in [0.1, 0.15) is 17.2 Å². The van der Waals surface area contributed by atoms with Crippen molar-refractivity contribution in [3.8, 4) is 5.75 Å². The quantitative estimate of drug-likeness (QED) is 0.840. The second kappa shape index (κ2) is 6.03. The smallest absolute Gasteiger partial charge is 0.125 e. The molecule has 1 atom stereocenters. The largest absolute Gasteiger partial charge is 0.496 e. The molecule has 0 aliphatic rings. The highest BCUT2D eigenvalue weighted by molar-refractivity contribution is 9.11. The standard InChI is InChI=1S/C14H11Br2FO2/c1-19-13-5-3-9(17)7-11(13)14(18)10-6-8(15)2-4-12(10)16/h2-7,14,18H,1H3. The van der Waals surface area contributed by atoms with Gasteiger partial charge in [0, 0.05) is 20.1 Å². The highest BCUT2D eigenvalue weighted by Gasteiger charge is 2.19. The molecular weight excluding hydrogens is 379 g/mol. The maximum absolute atomic E-state index is 13.4. The molecular formula is C14H11Br2FO2. The molecule has 0 fully saturated rings. The van der Waals surface area contributed by atoms with E-state index < -0.39 is 11.9 Å². The highest BCUT2D eigenvalue weighted by atomic mass is 79.9. The van der Waals surface area contributed by atoms with Crippen LogP contribution in [0.3, 0.4) is 0 Å². The maximum atomic E-state index is 13.4. The van der Waals surface area contributed by atoms with Gasteiger partial charge in [0.25, 0.3) is 0 Å². The van der Waals surface area contributed by atoms with E-state index in [1.54, 1.807) is 6.07 Å². The summed E-state index contributed by atoms with van der Waals surface area (Å²) in [6.07, 6.45) is -0.975. The first-order chi connectivity index (χ1) is 9.02. The van der Waals surface area contributed by atoms with Gasteiger partial charge in [-0.1, -0.05) is 31.9 Å².